The molecule has 0 unspecified atom stereocenters. The van der Waals surface area contributed by atoms with Gasteiger partial charge in [0.05, 0.1) is 0 Å². The molecule has 0 N–H and O–H groups in total. The van der Waals surface area contributed by atoms with Crippen LogP contribution in [0.3, 0.4) is 0 Å². The third kappa shape index (κ3) is 7.18. The van der Waals surface area contributed by atoms with Gasteiger partial charge < -0.3 is 0 Å². The molecule has 1 aromatic rings. The molecule has 4 rings (SSSR count). The molecule has 192 valence electrons. The maximum absolute atomic E-state index is 14.0. The van der Waals surface area contributed by atoms with Crippen molar-refractivity contribution in [2.24, 2.45) is 29.6 Å². The molecule has 1 aromatic carbocycles. The van der Waals surface area contributed by atoms with Gasteiger partial charge >= 0.3 is 0 Å². The van der Waals surface area contributed by atoms with Crippen molar-refractivity contribution >= 4 is 0 Å². The highest BCUT2D eigenvalue weighted by molar-refractivity contribution is 5.36. The summed E-state index contributed by atoms with van der Waals surface area (Å²) in [5.41, 5.74) is 0.285. The topological polar surface area (TPSA) is 23.8 Å². The number of halogens is 2. The van der Waals surface area contributed by atoms with Crippen LogP contribution < -0.4 is 0 Å². The van der Waals surface area contributed by atoms with Gasteiger partial charge in [-0.15, -0.1) is 0 Å². The Bertz CT molecular complexity index is 837. The number of nitriles is 1. The molecule has 3 fully saturated rings. The average molecular weight is 482 g/mol. The van der Waals surface area contributed by atoms with E-state index in [2.05, 4.69) is 19.1 Å². The van der Waals surface area contributed by atoms with Crippen LogP contribution in [0.2, 0.25) is 0 Å². The van der Waals surface area contributed by atoms with Crippen LogP contribution >= 0.6 is 0 Å². The fourth-order valence-corrected chi connectivity index (χ4v) is 7.59. The molecule has 0 atom stereocenters. The van der Waals surface area contributed by atoms with E-state index < -0.39 is 17.2 Å². The molecule has 1 nitrogen and oxygen atoms in total. The summed E-state index contributed by atoms with van der Waals surface area (Å²) >= 11 is 0. The van der Waals surface area contributed by atoms with Crippen LogP contribution in [0, 0.1) is 52.6 Å². The first kappa shape index (κ1) is 26.4. The minimum absolute atomic E-state index is 0.233. The van der Waals surface area contributed by atoms with E-state index in [0.717, 1.165) is 48.0 Å². The summed E-state index contributed by atoms with van der Waals surface area (Å²) in [5.74, 6) is 3.47. The van der Waals surface area contributed by atoms with Crippen LogP contribution in [-0.2, 0) is 0 Å². The van der Waals surface area contributed by atoms with Crippen LogP contribution in [0.1, 0.15) is 127 Å². The quantitative estimate of drug-likeness (QED) is 0.339. The van der Waals surface area contributed by atoms with Crippen molar-refractivity contribution in [3.05, 3.63) is 47.0 Å². The van der Waals surface area contributed by atoms with E-state index >= 15 is 0 Å². The van der Waals surface area contributed by atoms with Crippen molar-refractivity contribution in [1.82, 2.24) is 0 Å². The van der Waals surface area contributed by atoms with Crippen LogP contribution in [0.5, 0.6) is 0 Å². The second-order valence-corrected chi connectivity index (χ2v) is 12.0. The highest BCUT2D eigenvalue weighted by Gasteiger charge is 2.31. The summed E-state index contributed by atoms with van der Waals surface area (Å²) in [7, 11) is 0. The Morgan fingerprint density at radius 1 is 0.743 bits per heavy atom. The van der Waals surface area contributed by atoms with Crippen molar-refractivity contribution in [3.63, 3.8) is 0 Å². The lowest BCUT2D eigenvalue weighted by Gasteiger charge is -2.38. The van der Waals surface area contributed by atoms with E-state index in [4.69, 9.17) is 5.26 Å². The molecule has 35 heavy (non-hydrogen) atoms. The van der Waals surface area contributed by atoms with Gasteiger partial charge in [-0.3, -0.25) is 0 Å². The molecule has 3 aliphatic carbocycles. The third-order valence-electron chi connectivity index (χ3n) is 9.90. The summed E-state index contributed by atoms with van der Waals surface area (Å²) in [4.78, 5) is 0. The van der Waals surface area contributed by atoms with Gasteiger partial charge in [0.25, 0.3) is 0 Å². The van der Waals surface area contributed by atoms with Crippen LogP contribution in [0.15, 0.2) is 24.3 Å². The van der Waals surface area contributed by atoms with E-state index in [9.17, 15) is 8.78 Å². The Hall–Kier alpha value is -1.69. The number of rotatable bonds is 8. The van der Waals surface area contributed by atoms with Crippen molar-refractivity contribution in [1.29, 1.82) is 5.26 Å². The Morgan fingerprint density at radius 2 is 1.20 bits per heavy atom. The first-order valence-electron chi connectivity index (χ1n) is 14.6. The molecule has 0 heterocycles. The van der Waals surface area contributed by atoms with Crippen LogP contribution in [0.25, 0.3) is 0 Å². The van der Waals surface area contributed by atoms with Gasteiger partial charge in [-0.25, -0.2) is 8.78 Å². The summed E-state index contributed by atoms with van der Waals surface area (Å²) in [6.07, 6.45) is 25.9. The first-order chi connectivity index (χ1) is 17.1. The molecule has 0 amide bonds. The van der Waals surface area contributed by atoms with Gasteiger partial charge in [-0.2, -0.15) is 5.26 Å². The largest absolute Gasteiger partial charge is 0.205 e. The number of nitrogens with zero attached hydrogens (tertiary/aromatic N) is 1. The minimum atomic E-state index is -0.710. The van der Waals surface area contributed by atoms with Crippen molar-refractivity contribution in [2.75, 3.05) is 0 Å². The second-order valence-electron chi connectivity index (χ2n) is 12.0. The smallest absolute Gasteiger partial charge is 0.144 e. The van der Waals surface area contributed by atoms with Gasteiger partial charge in [-0.1, -0.05) is 50.7 Å². The Morgan fingerprint density at radius 3 is 1.66 bits per heavy atom. The molecular weight excluding hydrogens is 436 g/mol. The zero-order chi connectivity index (χ0) is 24.6. The van der Waals surface area contributed by atoms with E-state index in [0.29, 0.717) is 0 Å². The predicted octanol–water partition coefficient (Wildman–Crippen LogP) is 9.86. The normalized spacial score (nSPS) is 31.9. The Labute approximate surface area is 212 Å². The molecule has 0 aromatic heterocycles. The fraction of sp³-hybridized carbons (Fsp3) is 0.719. The minimum Gasteiger partial charge on any atom is -0.205 e. The molecule has 0 bridgehead atoms. The maximum atomic E-state index is 14.0. The highest BCUT2D eigenvalue weighted by atomic mass is 19.1. The van der Waals surface area contributed by atoms with Gasteiger partial charge in [0.15, 0.2) is 0 Å². The zero-order valence-corrected chi connectivity index (χ0v) is 21.8. The van der Waals surface area contributed by atoms with Crippen LogP contribution in [-0.4, -0.2) is 0 Å². The molecule has 0 spiro atoms. The molecule has 3 saturated carbocycles. The summed E-state index contributed by atoms with van der Waals surface area (Å²) in [6, 6.07) is 4.41. The molecule has 0 aliphatic heterocycles. The monoisotopic (exact) mass is 481 g/mol. The van der Waals surface area contributed by atoms with Crippen molar-refractivity contribution < 1.29 is 8.78 Å². The van der Waals surface area contributed by atoms with E-state index in [1.54, 1.807) is 6.07 Å². The fourth-order valence-electron chi connectivity index (χ4n) is 7.59. The lowest BCUT2D eigenvalue weighted by atomic mass is 9.68. The van der Waals surface area contributed by atoms with Crippen molar-refractivity contribution in [3.8, 4) is 6.07 Å². The van der Waals surface area contributed by atoms with Crippen molar-refractivity contribution in [2.45, 2.75) is 116 Å². The molecule has 3 heteroatoms. The lowest BCUT2D eigenvalue weighted by Crippen LogP contribution is -2.26. The summed E-state index contributed by atoms with van der Waals surface area (Å²) in [5, 5.41) is 8.89. The number of allylic oxidation sites excluding steroid dienone is 2. The van der Waals surface area contributed by atoms with Gasteiger partial charge in [0.2, 0.25) is 0 Å². The van der Waals surface area contributed by atoms with E-state index in [1.165, 1.54) is 102 Å². The maximum Gasteiger partial charge on any atom is 0.144 e. The average Bonchev–Trinajstić information content (AvgIpc) is 2.88. The molecule has 3 aliphatic rings. The Kier molecular flexibility index (Phi) is 9.82. The van der Waals surface area contributed by atoms with E-state index in [1.807, 2.05) is 0 Å². The SMILES string of the molecule is C/C=C/CCC1CCC(C2CCC(CCC3CCC(c4cc(F)c(C#N)c(F)c4)CC3)CC2)CC1. The molecule has 0 saturated heterocycles. The lowest BCUT2D eigenvalue weighted by molar-refractivity contribution is 0.137. The van der Waals surface area contributed by atoms with Gasteiger partial charge in [0, 0.05) is 0 Å². The molecular formula is C32H45F2N. The highest BCUT2D eigenvalue weighted by Crippen LogP contribution is 2.44. The third-order valence-corrected chi connectivity index (χ3v) is 9.90. The number of benzene rings is 1. The number of hydrogen-bond acceptors (Lipinski definition) is 1. The Balaban J connectivity index is 1.12. The standard InChI is InChI=1S/C32H45F2N/c1-2-3-4-5-23-8-14-26(15-9-23)27-16-10-24(11-17-27)6-7-25-12-18-28(19-13-25)29-20-31(33)30(22-35)32(34)21-29/h2-3,20-21,23-28H,4-19H2,1H3/b3-2+. The van der Waals surface area contributed by atoms with Gasteiger partial charge in [-0.05, 0) is 124 Å². The van der Waals surface area contributed by atoms with Crippen LogP contribution in [0.4, 0.5) is 8.78 Å². The first-order valence-corrected chi connectivity index (χ1v) is 14.6. The predicted molar refractivity (Wildman–Crippen MR) is 140 cm³/mol. The number of hydrogen-bond donors (Lipinski definition) is 0. The molecule has 0 radical (unpaired) electrons. The second kappa shape index (κ2) is 13.0. The van der Waals surface area contributed by atoms with E-state index in [-0.39, 0.29) is 5.92 Å². The summed E-state index contributed by atoms with van der Waals surface area (Å²) < 4.78 is 28.1. The zero-order valence-electron chi connectivity index (χ0n) is 21.8. The van der Waals surface area contributed by atoms with Gasteiger partial charge in [0.1, 0.15) is 23.3 Å². The summed E-state index contributed by atoms with van der Waals surface area (Å²) in [6.45, 7) is 2.13.